The lowest BCUT2D eigenvalue weighted by Gasteiger charge is -2.30. The number of hydrogen-bond acceptors (Lipinski definition) is 2. The van der Waals surface area contributed by atoms with E-state index in [0.717, 1.165) is 19.6 Å². The maximum Gasteiger partial charge on any atom is 0.0412 e. The molecule has 0 aliphatic carbocycles. The first kappa shape index (κ1) is 20.4. The predicted molar refractivity (Wildman–Crippen MR) is 117 cm³/mol. The van der Waals surface area contributed by atoms with E-state index < -0.39 is 0 Å². The van der Waals surface area contributed by atoms with Crippen molar-refractivity contribution in [2.24, 2.45) is 17.8 Å². The minimum absolute atomic E-state index is 0.605. The van der Waals surface area contributed by atoms with Crippen molar-refractivity contribution in [2.45, 2.75) is 41.5 Å². The van der Waals surface area contributed by atoms with E-state index in [1.807, 2.05) is 0 Å². The summed E-state index contributed by atoms with van der Waals surface area (Å²) in [5, 5.41) is 0. The average molecular weight is 353 g/mol. The van der Waals surface area contributed by atoms with Crippen molar-refractivity contribution >= 4 is 17.1 Å². The second-order valence-corrected chi connectivity index (χ2v) is 8.55. The van der Waals surface area contributed by atoms with Gasteiger partial charge in [0.05, 0.1) is 0 Å². The standard InChI is InChI=1S/C24H36N2/c1-19(2)16-25(17-20(3)4)22-12-14-24(15-13-22)26(18-21(5)6)23-10-8-7-9-11-23/h7-15,19-21H,16-18H2,1-6H3. The van der Waals surface area contributed by atoms with E-state index >= 15 is 0 Å². The Labute approximate surface area is 160 Å². The van der Waals surface area contributed by atoms with Crippen LogP contribution >= 0.6 is 0 Å². The molecule has 0 unspecified atom stereocenters. The summed E-state index contributed by atoms with van der Waals surface area (Å²) in [5.74, 6) is 1.93. The smallest absolute Gasteiger partial charge is 0.0412 e. The van der Waals surface area contributed by atoms with Gasteiger partial charge in [0.1, 0.15) is 0 Å². The topological polar surface area (TPSA) is 6.48 Å². The number of hydrogen-bond donors (Lipinski definition) is 0. The molecule has 0 N–H and O–H groups in total. The van der Waals surface area contributed by atoms with Gasteiger partial charge in [-0.15, -0.1) is 0 Å². The van der Waals surface area contributed by atoms with Crippen LogP contribution < -0.4 is 9.80 Å². The van der Waals surface area contributed by atoms with Crippen molar-refractivity contribution in [3.05, 3.63) is 54.6 Å². The first-order valence-electron chi connectivity index (χ1n) is 10.0. The molecule has 0 spiro atoms. The quantitative estimate of drug-likeness (QED) is 0.501. The summed E-state index contributed by atoms with van der Waals surface area (Å²) in [5.41, 5.74) is 3.85. The molecule has 0 saturated carbocycles. The SMILES string of the molecule is CC(C)CN(CC(C)C)c1ccc(N(CC(C)C)c2ccccc2)cc1. The minimum atomic E-state index is 0.605. The highest BCUT2D eigenvalue weighted by atomic mass is 15.1. The van der Waals surface area contributed by atoms with Crippen LogP contribution in [0.1, 0.15) is 41.5 Å². The van der Waals surface area contributed by atoms with Gasteiger partial charge in [-0.05, 0) is 54.2 Å². The summed E-state index contributed by atoms with van der Waals surface area (Å²) in [6.45, 7) is 16.9. The molecular formula is C24H36N2. The molecule has 0 saturated heterocycles. The Hall–Kier alpha value is -1.96. The highest BCUT2D eigenvalue weighted by Gasteiger charge is 2.14. The molecule has 0 bridgehead atoms. The third-order valence-electron chi connectivity index (χ3n) is 4.31. The summed E-state index contributed by atoms with van der Waals surface area (Å²) in [4.78, 5) is 4.94. The number of para-hydroxylation sites is 1. The molecule has 0 aromatic heterocycles. The van der Waals surface area contributed by atoms with Crippen LogP contribution in [0, 0.1) is 17.8 Å². The normalized spacial score (nSPS) is 11.4. The second-order valence-electron chi connectivity index (χ2n) is 8.55. The van der Waals surface area contributed by atoms with Crippen LogP contribution in [0.15, 0.2) is 54.6 Å². The van der Waals surface area contributed by atoms with Crippen molar-refractivity contribution in [1.29, 1.82) is 0 Å². The molecule has 0 radical (unpaired) electrons. The summed E-state index contributed by atoms with van der Waals surface area (Å²) >= 11 is 0. The third kappa shape index (κ3) is 6.09. The van der Waals surface area contributed by atoms with E-state index in [2.05, 4.69) is 106 Å². The molecule has 26 heavy (non-hydrogen) atoms. The van der Waals surface area contributed by atoms with Gasteiger partial charge < -0.3 is 9.80 Å². The minimum Gasteiger partial charge on any atom is -0.371 e. The Bertz CT molecular complexity index is 619. The molecule has 2 rings (SSSR count). The number of anilines is 3. The van der Waals surface area contributed by atoms with Crippen LogP contribution in [-0.2, 0) is 0 Å². The molecule has 0 amide bonds. The van der Waals surface area contributed by atoms with Gasteiger partial charge in [0.2, 0.25) is 0 Å². The maximum absolute atomic E-state index is 2.52. The van der Waals surface area contributed by atoms with E-state index in [1.54, 1.807) is 0 Å². The Kier molecular flexibility index (Phi) is 7.56. The van der Waals surface area contributed by atoms with Crippen LogP contribution in [0.3, 0.4) is 0 Å². The molecule has 2 heteroatoms. The first-order chi connectivity index (χ1) is 12.4. The average Bonchev–Trinajstić information content (AvgIpc) is 2.59. The summed E-state index contributed by atoms with van der Waals surface area (Å²) < 4.78 is 0. The van der Waals surface area contributed by atoms with Crippen molar-refractivity contribution in [1.82, 2.24) is 0 Å². The molecule has 0 heterocycles. The molecule has 2 nitrogen and oxygen atoms in total. The fourth-order valence-electron chi connectivity index (χ4n) is 3.34. The van der Waals surface area contributed by atoms with Crippen molar-refractivity contribution in [3.8, 4) is 0 Å². The number of rotatable bonds is 9. The van der Waals surface area contributed by atoms with Crippen LogP contribution in [0.25, 0.3) is 0 Å². The van der Waals surface area contributed by atoms with Crippen LogP contribution in [0.5, 0.6) is 0 Å². The van der Waals surface area contributed by atoms with Crippen LogP contribution in [0.4, 0.5) is 17.1 Å². The number of nitrogens with zero attached hydrogens (tertiary/aromatic N) is 2. The monoisotopic (exact) mass is 352 g/mol. The van der Waals surface area contributed by atoms with Gasteiger partial charge in [-0.1, -0.05) is 59.7 Å². The third-order valence-corrected chi connectivity index (χ3v) is 4.31. The van der Waals surface area contributed by atoms with Gasteiger partial charge in [-0.2, -0.15) is 0 Å². The maximum atomic E-state index is 2.52. The first-order valence-corrected chi connectivity index (χ1v) is 10.0. The molecule has 0 atom stereocenters. The zero-order valence-electron chi connectivity index (χ0n) is 17.4. The fourth-order valence-corrected chi connectivity index (χ4v) is 3.34. The molecule has 0 fully saturated rings. The molecule has 2 aromatic carbocycles. The van der Waals surface area contributed by atoms with Crippen LogP contribution in [-0.4, -0.2) is 19.6 Å². The van der Waals surface area contributed by atoms with E-state index in [4.69, 9.17) is 0 Å². The van der Waals surface area contributed by atoms with E-state index in [9.17, 15) is 0 Å². The van der Waals surface area contributed by atoms with Gasteiger partial charge in [-0.25, -0.2) is 0 Å². The lowest BCUT2D eigenvalue weighted by atomic mass is 10.1. The van der Waals surface area contributed by atoms with E-state index in [1.165, 1.54) is 17.1 Å². The van der Waals surface area contributed by atoms with Crippen molar-refractivity contribution in [3.63, 3.8) is 0 Å². The molecule has 0 aliphatic rings. The van der Waals surface area contributed by atoms with Gasteiger partial charge in [0.15, 0.2) is 0 Å². The van der Waals surface area contributed by atoms with E-state index in [0.29, 0.717) is 17.8 Å². The molecule has 2 aromatic rings. The lowest BCUT2D eigenvalue weighted by molar-refractivity contribution is 0.553. The largest absolute Gasteiger partial charge is 0.371 e. The molecule has 142 valence electrons. The fraction of sp³-hybridized carbons (Fsp3) is 0.500. The summed E-state index contributed by atoms with van der Waals surface area (Å²) in [7, 11) is 0. The van der Waals surface area contributed by atoms with Crippen molar-refractivity contribution in [2.75, 3.05) is 29.4 Å². The zero-order valence-corrected chi connectivity index (χ0v) is 17.4. The van der Waals surface area contributed by atoms with Crippen molar-refractivity contribution < 1.29 is 0 Å². The zero-order chi connectivity index (χ0) is 19.1. The lowest BCUT2D eigenvalue weighted by Crippen LogP contribution is -2.31. The van der Waals surface area contributed by atoms with Gasteiger partial charge in [0, 0.05) is 36.7 Å². The molecule has 0 aliphatic heterocycles. The number of benzene rings is 2. The highest BCUT2D eigenvalue weighted by molar-refractivity contribution is 5.65. The summed E-state index contributed by atoms with van der Waals surface area (Å²) in [6, 6.07) is 19.8. The Morgan fingerprint density at radius 3 is 1.42 bits per heavy atom. The Morgan fingerprint density at radius 1 is 0.538 bits per heavy atom. The van der Waals surface area contributed by atoms with Gasteiger partial charge >= 0.3 is 0 Å². The van der Waals surface area contributed by atoms with E-state index in [-0.39, 0.29) is 0 Å². The predicted octanol–water partition coefficient (Wildman–Crippen LogP) is 6.60. The summed E-state index contributed by atoms with van der Waals surface area (Å²) in [6.07, 6.45) is 0. The van der Waals surface area contributed by atoms with Crippen LogP contribution in [0.2, 0.25) is 0 Å². The highest BCUT2D eigenvalue weighted by Crippen LogP contribution is 2.29. The second kappa shape index (κ2) is 9.66. The Balaban J connectivity index is 2.26. The molecular weight excluding hydrogens is 316 g/mol. The van der Waals surface area contributed by atoms with Gasteiger partial charge in [0.25, 0.3) is 0 Å². The Morgan fingerprint density at radius 2 is 0.962 bits per heavy atom. The van der Waals surface area contributed by atoms with Gasteiger partial charge in [-0.3, -0.25) is 0 Å².